The predicted molar refractivity (Wildman–Crippen MR) is 106 cm³/mol. The number of carbonyl (C=O) groups is 1. The number of halogens is 2. The summed E-state index contributed by atoms with van der Waals surface area (Å²) in [6.07, 6.45) is 1.63. The third-order valence-electron chi connectivity index (χ3n) is 3.31. The van der Waals surface area contributed by atoms with Crippen LogP contribution in [0.2, 0.25) is 10.0 Å². The quantitative estimate of drug-likeness (QED) is 0.558. The summed E-state index contributed by atoms with van der Waals surface area (Å²) in [5.74, 6) is 0.870. The van der Waals surface area contributed by atoms with Gasteiger partial charge in [-0.3, -0.25) is 4.79 Å². The molecule has 0 radical (unpaired) electrons. The Morgan fingerprint density at radius 2 is 1.69 bits per heavy atom. The number of benzene rings is 2. The van der Waals surface area contributed by atoms with Crippen LogP contribution in [0.5, 0.6) is 0 Å². The van der Waals surface area contributed by atoms with Crippen LogP contribution in [0, 0.1) is 0 Å². The fraction of sp³-hybridized carbons (Fsp3) is 0.0556. The van der Waals surface area contributed by atoms with Gasteiger partial charge in [0.05, 0.1) is 10.7 Å². The molecule has 26 heavy (non-hydrogen) atoms. The number of rotatable bonds is 5. The Kier molecular flexibility index (Phi) is 5.55. The van der Waals surface area contributed by atoms with Crippen LogP contribution >= 0.6 is 23.2 Å². The minimum absolute atomic E-state index is 0.118. The van der Waals surface area contributed by atoms with E-state index >= 15 is 0 Å². The van der Waals surface area contributed by atoms with Gasteiger partial charge in [-0.05, 0) is 48.5 Å². The number of hydrogen-bond donors (Lipinski definition) is 3. The summed E-state index contributed by atoms with van der Waals surface area (Å²) < 4.78 is 0. The molecule has 132 valence electrons. The van der Waals surface area contributed by atoms with Crippen LogP contribution in [-0.4, -0.2) is 15.9 Å². The van der Waals surface area contributed by atoms with Crippen molar-refractivity contribution in [3.05, 3.63) is 64.8 Å². The predicted octanol–water partition coefficient (Wildman–Crippen LogP) is 5.23. The zero-order valence-electron chi connectivity index (χ0n) is 13.8. The second-order valence-corrected chi connectivity index (χ2v) is 6.24. The van der Waals surface area contributed by atoms with Crippen molar-refractivity contribution in [3.63, 3.8) is 0 Å². The Hall–Kier alpha value is -2.83. The van der Waals surface area contributed by atoms with E-state index in [1.165, 1.54) is 6.92 Å². The number of anilines is 5. The van der Waals surface area contributed by atoms with Crippen molar-refractivity contribution in [1.82, 2.24) is 9.97 Å². The number of nitrogens with zero attached hydrogens (tertiary/aromatic N) is 2. The molecule has 3 aromatic rings. The van der Waals surface area contributed by atoms with E-state index in [0.29, 0.717) is 27.5 Å². The van der Waals surface area contributed by atoms with Gasteiger partial charge in [-0.25, -0.2) is 4.98 Å². The van der Waals surface area contributed by atoms with Gasteiger partial charge in [0, 0.05) is 29.5 Å². The van der Waals surface area contributed by atoms with Crippen molar-refractivity contribution in [1.29, 1.82) is 0 Å². The van der Waals surface area contributed by atoms with E-state index in [4.69, 9.17) is 23.2 Å². The van der Waals surface area contributed by atoms with Crippen molar-refractivity contribution in [2.24, 2.45) is 0 Å². The number of aromatic nitrogens is 2. The van der Waals surface area contributed by atoms with Gasteiger partial charge in [-0.1, -0.05) is 23.2 Å². The minimum Gasteiger partial charge on any atom is -0.339 e. The number of amides is 1. The van der Waals surface area contributed by atoms with Gasteiger partial charge in [0.2, 0.25) is 11.9 Å². The molecule has 8 heteroatoms. The maximum atomic E-state index is 11.1. The molecule has 0 aliphatic carbocycles. The average Bonchev–Trinajstić information content (AvgIpc) is 2.60. The Labute approximate surface area is 160 Å². The summed E-state index contributed by atoms with van der Waals surface area (Å²) in [5, 5.41) is 10.0. The molecule has 0 saturated carbocycles. The normalized spacial score (nSPS) is 10.3. The van der Waals surface area contributed by atoms with Crippen LogP contribution in [-0.2, 0) is 4.79 Å². The number of hydrogen-bond acceptors (Lipinski definition) is 5. The van der Waals surface area contributed by atoms with Gasteiger partial charge in [0.1, 0.15) is 5.82 Å². The first-order chi connectivity index (χ1) is 12.5. The molecular weight excluding hydrogens is 373 g/mol. The monoisotopic (exact) mass is 387 g/mol. The lowest BCUT2D eigenvalue weighted by Gasteiger charge is -2.10. The van der Waals surface area contributed by atoms with Crippen LogP contribution in [0.25, 0.3) is 0 Å². The molecule has 1 aromatic heterocycles. The highest BCUT2D eigenvalue weighted by Gasteiger charge is 2.05. The Balaban J connectivity index is 1.73. The first kappa shape index (κ1) is 18.0. The Morgan fingerprint density at radius 3 is 2.42 bits per heavy atom. The number of carbonyl (C=O) groups excluding carboxylic acids is 1. The topological polar surface area (TPSA) is 78.9 Å². The summed E-state index contributed by atoms with van der Waals surface area (Å²) in [6.45, 7) is 1.46. The van der Waals surface area contributed by atoms with E-state index in [0.717, 1.165) is 11.4 Å². The summed E-state index contributed by atoms with van der Waals surface area (Å²) >= 11 is 12.2. The molecule has 0 unspecified atom stereocenters. The second kappa shape index (κ2) is 8.03. The smallest absolute Gasteiger partial charge is 0.229 e. The molecule has 0 aliphatic heterocycles. The van der Waals surface area contributed by atoms with Crippen molar-refractivity contribution >= 4 is 57.9 Å². The third-order valence-corrected chi connectivity index (χ3v) is 3.87. The zero-order chi connectivity index (χ0) is 18.5. The molecule has 0 saturated heterocycles. The zero-order valence-corrected chi connectivity index (χ0v) is 15.3. The summed E-state index contributed by atoms with van der Waals surface area (Å²) in [5.41, 5.74) is 2.16. The van der Waals surface area contributed by atoms with Crippen molar-refractivity contribution in [2.45, 2.75) is 6.92 Å². The average molecular weight is 388 g/mol. The van der Waals surface area contributed by atoms with Gasteiger partial charge >= 0.3 is 0 Å². The van der Waals surface area contributed by atoms with Crippen LogP contribution in [0.3, 0.4) is 0 Å². The standard InChI is InChI=1S/C18H15Cl2N5O/c1-11(26)22-13-3-5-14(6-4-13)23-18-21-9-8-17(25-18)24-16-10-12(19)2-7-15(16)20/h2-10H,1H3,(H,22,26)(H2,21,23,24,25). The van der Waals surface area contributed by atoms with Crippen molar-refractivity contribution in [3.8, 4) is 0 Å². The molecule has 6 nitrogen and oxygen atoms in total. The van der Waals surface area contributed by atoms with Crippen molar-refractivity contribution in [2.75, 3.05) is 16.0 Å². The third kappa shape index (κ3) is 4.84. The molecule has 0 bridgehead atoms. The van der Waals surface area contributed by atoms with Gasteiger partial charge in [0.15, 0.2) is 0 Å². The maximum Gasteiger partial charge on any atom is 0.229 e. The van der Waals surface area contributed by atoms with Crippen LogP contribution < -0.4 is 16.0 Å². The molecule has 0 fully saturated rings. The minimum atomic E-state index is -0.118. The van der Waals surface area contributed by atoms with E-state index in [2.05, 4.69) is 25.9 Å². The fourth-order valence-corrected chi connectivity index (χ4v) is 2.53. The highest BCUT2D eigenvalue weighted by molar-refractivity contribution is 6.35. The van der Waals surface area contributed by atoms with Crippen LogP contribution in [0.1, 0.15) is 6.92 Å². The van der Waals surface area contributed by atoms with Crippen LogP contribution in [0.15, 0.2) is 54.7 Å². The van der Waals surface area contributed by atoms with Gasteiger partial charge in [-0.15, -0.1) is 0 Å². The van der Waals surface area contributed by atoms with E-state index in [-0.39, 0.29) is 5.91 Å². The lowest BCUT2D eigenvalue weighted by molar-refractivity contribution is -0.114. The molecule has 0 spiro atoms. The molecule has 1 heterocycles. The highest BCUT2D eigenvalue weighted by atomic mass is 35.5. The van der Waals surface area contributed by atoms with Crippen molar-refractivity contribution < 1.29 is 4.79 Å². The Bertz CT molecular complexity index is 931. The van der Waals surface area contributed by atoms with Crippen LogP contribution in [0.4, 0.5) is 28.8 Å². The van der Waals surface area contributed by atoms with Gasteiger partial charge < -0.3 is 16.0 Å². The van der Waals surface area contributed by atoms with Gasteiger partial charge in [0.25, 0.3) is 0 Å². The summed E-state index contributed by atoms with van der Waals surface area (Å²) in [6, 6.07) is 14.1. The highest BCUT2D eigenvalue weighted by Crippen LogP contribution is 2.28. The van der Waals surface area contributed by atoms with E-state index in [1.807, 2.05) is 12.1 Å². The van der Waals surface area contributed by atoms with Gasteiger partial charge in [-0.2, -0.15) is 4.98 Å². The molecule has 1 amide bonds. The molecular formula is C18H15Cl2N5O. The molecule has 3 N–H and O–H groups in total. The molecule has 3 rings (SSSR count). The fourth-order valence-electron chi connectivity index (χ4n) is 2.19. The van der Waals surface area contributed by atoms with E-state index in [9.17, 15) is 4.79 Å². The molecule has 0 atom stereocenters. The lowest BCUT2D eigenvalue weighted by atomic mass is 10.3. The molecule has 2 aromatic carbocycles. The van der Waals surface area contributed by atoms with E-state index in [1.54, 1.807) is 42.6 Å². The first-order valence-corrected chi connectivity index (χ1v) is 8.45. The first-order valence-electron chi connectivity index (χ1n) is 7.69. The lowest BCUT2D eigenvalue weighted by Crippen LogP contribution is -2.05. The van der Waals surface area contributed by atoms with E-state index < -0.39 is 0 Å². The SMILES string of the molecule is CC(=O)Nc1ccc(Nc2nccc(Nc3cc(Cl)ccc3Cl)n2)cc1. The second-order valence-electron chi connectivity index (χ2n) is 5.40. The largest absolute Gasteiger partial charge is 0.339 e. The summed E-state index contributed by atoms with van der Waals surface area (Å²) in [4.78, 5) is 19.6. The molecule has 0 aliphatic rings. The Morgan fingerprint density at radius 1 is 0.962 bits per heavy atom. The maximum absolute atomic E-state index is 11.1. The number of nitrogens with one attached hydrogen (secondary N) is 3. The summed E-state index contributed by atoms with van der Waals surface area (Å²) in [7, 11) is 0.